The quantitative estimate of drug-likeness (QED) is 0.651. The summed E-state index contributed by atoms with van der Waals surface area (Å²) in [6.07, 6.45) is 0. The number of nitrogens with zero attached hydrogens (tertiary/aromatic N) is 3. The number of aryl methyl sites for hydroxylation is 1. The van der Waals surface area contributed by atoms with Crippen molar-refractivity contribution < 1.29 is 23.8 Å². The van der Waals surface area contributed by atoms with Crippen molar-refractivity contribution in [1.29, 1.82) is 0 Å². The molecule has 0 aliphatic carbocycles. The van der Waals surface area contributed by atoms with Gasteiger partial charge in [-0.3, -0.25) is 4.79 Å². The average molecular weight is 353 g/mol. The van der Waals surface area contributed by atoms with Gasteiger partial charge < -0.3 is 19.3 Å². The van der Waals surface area contributed by atoms with Crippen molar-refractivity contribution >= 4 is 5.91 Å². The molecule has 134 valence electrons. The van der Waals surface area contributed by atoms with E-state index in [2.05, 4.69) is 5.27 Å². The van der Waals surface area contributed by atoms with Crippen LogP contribution in [0.15, 0.2) is 53.1 Å². The molecule has 0 aliphatic heterocycles. The van der Waals surface area contributed by atoms with Gasteiger partial charge in [0.2, 0.25) is 5.69 Å². The second-order valence-electron chi connectivity index (χ2n) is 5.95. The van der Waals surface area contributed by atoms with Crippen LogP contribution < -0.4 is 14.5 Å². The van der Waals surface area contributed by atoms with Crippen molar-refractivity contribution in [3.63, 3.8) is 0 Å². The molecule has 0 saturated carbocycles. The SMILES string of the molecule is COc1ccc(-[n+]2noc([O-])c2CN(C)C(=O)c2cccc(C)c2)cc1. The summed E-state index contributed by atoms with van der Waals surface area (Å²) in [6, 6.07) is 14.3. The number of carbonyl (C=O) groups is 1. The molecular formula is C19H19N3O4. The maximum Gasteiger partial charge on any atom is 0.259 e. The van der Waals surface area contributed by atoms with Crippen molar-refractivity contribution in [2.45, 2.75) is 13.5 Å². The summed E-state index contributed by atoms with van der Waals surface area (Å²) >= 11 is 0. The summed E-state index contributed by atoms with van der Waals surface area (Å²) in [4.78, 5) is 14.1. The minimum absolute atomic E-state index is 0.0706. The lowest BCUT2D eigenvalue weighted by atomic mass is 10.1. The van der Waals surface area contributed by atoms with Gasteiger partial charge in [-0.25, -0.2) is 0 Å². The van der Waals surface area contributed by atoms with E-state index in [-0.39, 0.29) is 18.1 Å². The highest BCUT2D eigenvalue weighted by molar-refractivity contribution is 5.94. The third-order valence-corrected chi connectivity index (χ3v) is 4.01. The molecule has 0 radical (unpaired) electrons. The lowest BCUT2D eigenvalue weighted by molar-refractivity contribution is -0.678. The van der Waals surface area contributed by atoms with Crippen LogP contribution in [0.4, 0.5) is 0 Å². The molecule has 0 spiro atoms. The van der Waals surface area contributed by atoms with Gasteiger partial charge in [0.15, 0.2) is 5.95 Å². The fourth-order valence-corrected chi connectivity index (χ4v) is 2.62. The van der Waals surface area contributed by atoms with Crippen molar-refractivity contribution in [3.8, 4) is 17.4 Å². The molecule has 7 heteroatoms. The number of aromatic nitrogens is 2. The molecule has 0 unspecified atom stereocenters. The van der Waals surface area contributed by atoms with E-state index in [0.717, 1.165) is 5.56 Å². The van der Waals surface area contributed by atoms with Gasteiger partial charge in [-0.2, -0.15) is 0 Å². The molecule has 26 heavy (non-hydrogen) atoms. The van der Waals surface area contributed by atoms with E-state index in [0.29, 0.717) is 17.0 Å². The fraction of sp³-hybridized carbons (Fsp3) is 0.211. The number of ether oxygens (including phenoxy) is 1. The van der Waals surface area contributed by atoms with Gasteiger partial charge >= 0.3 is 0 Å². The third-order valence-electron chi connectivity index (χ3n) is 4.01. The van der Waals surface area contributed by atoms with Gasteiger partial charge in [-0.05, 0) is 35.9 Å². The molecule has 0 bridgehead atoms. The van der Waals surface area contributed by atoms with Crippen molar-refractivity contribution in [2.75, 3.05) is 14.2 Å². The fourth-order valence-electron chi connectivity index (χ4n) is 2.62. The highest BCUT2D eigenvalue weighted by Gasteiger charge is 2.24. The Morgan fingerprint density at radius 2 is 2.00 bits per heavy atom. The topological polar surface area (TPSA) is 82.5 Å². The zero-order chi connectivity index (χ0) is 18.7. The smallest absolute Gasteiger partial charge is 0.259 e. The van der Waals surface area contributed by atoms with E-state index in [1.807, 2.05) is 25.1 Å². The maximum absolute atomic E-state index is 12.6. The molecule has 1 amide bonds. The number of rotatable bonds is 5. The average Bonchev–Trinajstić information content (AvgIpc) is 3.01. The zero-order valence-corrected chi connectivity index (χ0v) is 14.8. The second kappa shape index (κ2) is 7.26. The Bertz CT molecular complexity index is 919. The van der Waals surface area contributed by atoms with Gasteiger partial charge in [0.1, 0.15) is 12.3 Å². The number of amides is 1. The van der Waals surface area contributed by atoms with Gasteiger partial charge in [-0.1, -0.05) is 17.7 Å². The first kappa shape index (κ1) is 17.5. The van der Waals surface area contributed by atoms with E-state index in [9.17, 15) is 9.90 Å². The molecule has 0 N–H and O–H groups in total. The Kier molecular flexibility index (Phi) is 4.88. The van der Waals surface area contributed by atoms with Crippen LogP contribution in [-0.2, 0) is 6.54 Å². The monoisotopic (exact) mass is 353 g/mol. The van der Waals surface area contributed by atoms with Crippen LogP contribution in [0.25, 0.3) is 5.69 Å². The zero-order valence-electron chi connectivity index (χ0n) is 14.8. The normalized spacial score (nSPS) is 10.6. The number of methoxy groups -OCH3 is 1. The molecule has 3 aromatic rings. The maximum atomic E-state index is 12.6. The minimum atomic E-state index is -0.579. The van der Waals surface area contributed by atoms with E-state index in [1.165, 1.54) is 9.58 Å². The van der Waals surface area contributed by atoms with E-state index < -0.39 is 5.95 Å². The van der Waals surface area contributed by atoms with Crippen LogP contribution >= 0.6 is 0 Å². The van der Waals surface area contributed by atoms with Crippen molar-refractivity contribution in [2.24, 2.45) is 0 Å². The Morgan fingerprint density at radius 3 is 2.65 bits per heavy atom. The summed E-state index contributed by atoms with van der Waals surface area (Å²) in [7, 11) is 3.21. The summed E-state index contributed by atoms with van der Waals surface area (Å²) in [5.74, 6) is -0.0752. The molecule has 0 saturated heterocycles. The largest absolute Gasteiger partial charge is 0.539 e. The standard InChI is InChI=1S/C19H19N3O4/c1-13-5-4-6-14(11-13)18(23)21(2)12-17-19(24)26-20-22(17)15-7-9-16(25-3)10-8-15/h4-11H,12H2,1-3H3. The summed E-state index contributed by atoms with van der Waals surface area (Å²) < 4.78 is 11.3. The molecule has 0 aliphatic rings. The number of carbonyl (C=O) groups excluding carboxylic acids is 1. The molecular weight excluding hydrogens is 334 g/mol. The first-order chi connectivity index (χ1) is 12.5. The van der Waals surface area contributed by atoms with Gasteiger partial charge in [-0.15, -0.1) is 0 Å². The lowest BCUT2D eigenvalue weighted by Crippen LogP contribution is -2.40. The van der Waals surface area contributed by atoms with Crippen molar-refractivity contribution in [1.82, 2.24) is 10.2 Å². The number of benzene rings is 2. The van der Waals surface area contributed by atoms with Crippen LogP contribution in [0, 0.1) is 6.92 Å². The van der Waals surface area contributed by atoms with E-state index in [1.54, 1.807) is 44.5 Å². The lowest BCUT2D eigenvalue weighted by Gasteiger charge is -2.15. The first-order valence-corrected chi connectivity index (χ1v) is 8.04. The Labute approximate surface area is 151 Å². The summed E-state index contributed by atoms with van der Waals surface area (Å²) in [6.45, 7) is 1.99. The van der Waals surface area contributed by atoms with Crippen LogP contribution in [0.5, 0.6) is 11.7 Å². The Hall–Kier alpha value is -3.35. The number of hydrogen-bond donors (Lipinski definition) is 0. The van der Waals surface area contributed by atoms with Gasteiger partial charge in [0.05, 0.1) is 12.4 Å². The van der Waals surface area contributed by atoms with Crippen LogP contribution in [0.2, 0.25) is 0 Å². The van der Waals surface area contributed by atoms with Crippen LogP contribution in [0.1, 0.15) is 21.6 Å². The second-order valence-corrected chi connectivity index (χ2v) is 5.95. The van der Waals surface area contributed by atoms with Crippen LogP contribution in [0.3, 0.4) is 0 Å². The first-order valence-electron chi connectivity index (χ1n) is 8.04. The summed E-state index contributed by atoms with van der Waals surface area (Å²) in [5.41, 5.74) is 2.46. The molecule has 0 atom stereocenters. The Morgan fingerprint density at radius 1 is 1.27 bits per heavy atom. The highest BCUT2D eigenvalue weighted by Crippen LogP contribution is 2.16. The molecule has 1 aromatic heterocycles. The molecule has 3 rings (SSSR count). The highest BCUT2D eigenvalue weighted by atomic mass is 16.6. The Balaban J connectivity index is 1.85. The molecule has 2 aromatic carbocycles. The van der Waals surface area contributed by atoms with Gasteiger partial charge in [0.25, 0.3) is 11.6 Å². The predicted molar refractivity (Wildman–Crippen MR) is 91.0 cm³/mol. The third kappa shape index (κ3) is 3.51. The van der Waals surface area contributed by atoms with Gasteiger partial charge in [0, 0.05) is 24.7 Å². The van der Waals surface area contributed by atoms with Crippen molar-refractivity contribution in [3.05, 3.63) is 65.4 Å². The van der Waals surface area contributed by atoms with E-state index >= 15 is 0 Å². The molecule has 7 nitrogen and oxygen atoms in total. The molecule has 1 heterocycles. The predicted octanol–water partition coefficient (Wildman–Crippen LogP) is 1.61. The number of hydrogen-bond acceptors (Lipinski definition) is 5. The van der Waals surface area contributed by atoms with E-state index in [4.69, 9.17) is 9.26 Å². The van der Waals surface area contributed by atoms with Crippen LogP contribution in [-0.4, -0.2) is 30.2 Å². The minimum Gasteiger partial charge on any atom is -0.539 e. The molecule has 0 fully saturated rings. The summed E-state index contributed by atoms with van der Waals surface area (Å²) in [5, 5.41) is 15.9.